The summed E-state index contributed by atoms with van der Waals surface area (Å²) in [4.78, 5) is 5.85. The van der Waals surface area contributed by atoms with Crippen LogP contribution in [0, 0.1) is 5.41 Å². The van der Waals surface area contributed by atoms with Gasteiger partial charge < -0.3 is 10.3 Å². The lowest BCUT2D eigenvalue weighted by atomic mass is 10.3. The predicted molar refractivity (Wildman–Crippen MR) is 51.5 cm³/mol. The molecule has 0 radical (unpaired) electrons. The van der Waals surface area contributed by atoms with E-state index < -0.39 is 0 Å². The summed E-state index contributed by atoms with van der Waals surface area (Å²) < 4.78 is 0. The van der Waals surface area contributed by atoms with E-state index in [1.807, 2.05) is 19.0 Å². The number of nitrogens with zero attached hydrogens (tertiary/aromatic N) is 2. The molecule has 0 fully saturated rings. The summed E-state index contributed by atoms with van der Waals surface area (Å²) in [6.45, 7) is 0. The van der Waals surface area contributed by atoms with Gasteiger partial charge >= 0.3 is 0 Å². The van der Waals surface area contributed by atoms with Gasteiger partial charge in [-0.1, -0.05) is 11.6 Å². The fraction of sp³-hybridized carbons (Fsp3) is 0.250. The summed E-state index contributed by atoms with van der Waals surface area (Å²) in [5.41, 5.74) is 1.38. The molecule has 1 rings (SSSR count). The van der Waals surface area contributed by atoms with Crippen LogP contribution in [-0.2, 0) is 0 Å². The van der Waals surface area contributed by atoms with Gasteiger partial charge in [-0.15, -0.1) is 0 Å². The number of hydrogen-bond acceptors (Lipinski definition) is 3. The number of rotatable bonds is 2. The Morgan fingerprint density at radius 1 is 1.58 bits per heavy atom. The van der Waals surface area contributed by atoms with E-state index in [1.54, 1.807) is 12.3 Å². The van der Waals surface area contributed by atoms with Gasteiger partial charge in [0.2, 0.25) is 0 Å². The average molecular weight is 184 g/mol. The smallest absolute Gasteiger partial charge is 0.105 e. The van der Waals surface area contributed by atoms with E-state index >= 15 is 0 Å². The van der Waals surface area contributed by atoms with Crippen molar-refractivity contribution >= 4 is 23.5 Å². The first-order valence-electron chi connectivity index (χ1n) is 3.49. The summed E-state index contributed by atoms with van der Waals surface area (Å²) in [6, 6.07) is 1.71. The Morgan fingerprint density at radius 3 is 2.67 bits per heavy atom. The van der Waals surface area contributed by atoms with E-state index in [0.717, 1.165) is 5.69 Å². The Bertz CT molecular complexity index is 296. The highest BCUT2D eigenvalue weighted by Gasteiger charge is 2.07. The molecular weight excluding hydrogens is 174 g/mol. The zero-order valence-corrected chi connectivity index (χ0v) is 7.76. The molecule has 0 aromatic carbocycles. The minimum Gasteiger partial charge on any atom is -0.375 e. The van der Waals surface area contributed by atoms with Crippen LogP contribution in [0.15, 0.2) is 12.3 Å². The zero-order chi connectivity index (χ0) is 9.14. The molecule has 4 heteroatoms. The maximum absolute atomic E-state index is 7.10. The second-order valence-electron chi connectivity index (χ2n) is 2.57. The lowest BCUT2D eigenvalue weighted by Gasteiger charge is -2.15. The summed E-state index contributed by atoms with van der Waals surface area (Å²) in [5, 5.41) is 7.72. The molecule has 0 saturated heterocycles. The van der Waals surface area contributed by atoms with Crippen molar-refractivity contribution in [3.05, 3.63) is 23.0 Å². The first kappa shape index (κ1) is 9.00. The Labute approximate surface area is 76.5 Å². The lowest BCUT2D eigenvalue weighted by Crippen LogP contribution is -2.12. The molecule has 0 aliphatic rings. The van der Waals surface area contributed by atoms with Crippen molar-refractivity contribution in [2.75, 3.05) is 19.0 Å². The molecule has 0 aliphatic heterocycles. The SMILES string of the molecule is CN(C)c1c(Cl)ccnc1C=N. The summed E-state index contributed by atoms with van der Waals surface area (Å²) >= 11 is 5.92. The number of hydrogen-bond donors (Lipinski definition) is 1. The number of aromatic nitrogens is 1. The number of anilines is 1. The average Bonchev–Trinajstić information content (AvgIpc) is 2.03. The van der Waals surface area contributed by atoms with Crippen LogP contribution in [0.1, 0.15) is 5.69 Å². The summed E-state index contributed by atoms with van der Waals surface area (Å²) in [7, 11) is 3.74. The first-order valence-corrected chi connectivity index (χ1v) is 3.87. The van der Waals surface area contributed by atoms with Gasteiger partial charge in [-0.25, -0.2) is 0 Å². The normalized spacial score (nSPS) is 9.58. The second kappa shape index (κ2) is 3.54. The Morgan fingerprint density at radius 2 is 2.25 bits per heavy atom. The fourth-order valence-electron chi connectivity index (χ4n) is 0.994. The van der Waals surface area contributed by atoms with E-state index in [0.29, 0.717) is 10.7 Å². The Kier molecular flexibility index (Phi) is 2.65. The largest absolute Gasteiger partial charge is 0.375 e. The van der Waals surface area contributed by atoms with Gasteiger partial charge in [0.15, 0.2) is 0 Å². The minimum absolute atomic E-state index is 0.590. The van der Waals surface area contributed by atoms with E-state index in [9.17, 15) is 0 Å². The van der Waals surface area contributed by atoms with Crippen molar-refractivity contribution in [2.45, 2.75) is 0 Å². The Hall–Kier alpha value is -1.09. The van der Waals surface area contributed by atoms with Crippen molar-refractivity contribution in [2.24, 2.45) is 0 Å². The highest BCUT2D eigenvalue weighted by Crippen LogP contribution is 2.25. The molecule has 0 amide bonds. The van der Waals surface area contributed by atoms with Gasteiger partial charge in [-0.05, 0) is 6.07 Å². The van der Waals surface area contributed by atoms with Crippen molar-refractivity contribution in [1.82, 2.24) is 4.98 Å². The third-order valence-electron chi connectivity index (χ3n) is 1.49. The van der Waals surface area contributed by atoms with E-state index in [1.165, 1.54) is 6.21 Å². The van der Waals surface area contributed by atoms with Crippen LogP contribution in [0.2, 0.25) is 5.02 Å². The van der Waals surface area contributed by atoms with Crippen LogP contribution in [0.5, 0.6) is 0 Å². The van der Waals surface area contributed by atoms with Crippen LogP contribution < -0.4 is 4.90 Å². The standard InChI is InChI=1S/C8H10ClN3/c1-12(2)8-6(9)3-4-11-7(8)5-10/h3-5,10H,1-2H3. The maximum Gasteiger partial charge on any atom is 0.105 e. The van der Waals surface area contributed by atoms with Crippen LogP contribution in [0.25, 0.3) is 0 Å². The third kappa shape index (κ3) is 1.56. The quantitative estimate of drug-likeness (QED) is 0.711. The van der Waals surface area contributed by atoms with Crippen LogP contribution in [0.4, 0.5) is 5.69 Å². The minimum atomic E-state index is 0.590. The van der Waals surface area contributed by atoms with Crippen molar-refractivity contribution < 1.29 is 0 Å². The highest BCUT2D eigenvalue weighted by atomic mass is 35.5. The van der Waals surface area contributed by atoms with Crippen LogP contribution >= 0.6 is 11.6 Å². The molecule has 0 unspecified atom stereocenters. The highest BCUT2D eigenvalue weighted by molar-refractivity contribution is 6.33. The molecule has 0 spiro atoms. The zero-order valence-electron chi connectivity index (χ0n) is 7.00. The first-order chi connectivity index (χ1) is 5.66. The van der Waals surface area contributed by atoms with Gasteiger partial charge in [-0.2, -0.15) is 0 Å². The topological polar surface area (TPSA) is 40.0 Å². The Balaban J connectivity index is 3.29. The summed E-state index contributed by atoms with van der Waals surface area (Å²) in [5.74, 6) is 0. The fourth-order valence-corrected chi connectivity index (χ4v) is 1.32. The molecule has 1 aromatic rings. The molecule has 0 bridgehead atoms. The van der Waals surface area contributed by atoms with Crippen LogP contribution in [0.3, 0.4) is 0 Å². The van der Waals surface area contributed by atoms with Gasteiger partial charge in [0.05, 0.1) is 10.7 Å². The lowest BCUT2D eigenvalue weighted by molar-refractivity contribution is 1.10. The maximum atomic E-state index is 7.10. The molecule has 1 heterocycles. The second-order valence-corrected chi connectivity index (χ2v) is 2.97. The number of nitrogens with one attached hydrogen (secondary N) is 1. The van der Waals surface area contributed by atoms with Crippen molar-refractivity contribution in [1.29, 1.82) is 5.41 Å². The van der Waals surface area contributed by atoms with Crippen molar-refractivity contribution in [3.63, 3.8) is 0 Å². The molecule has 64 valence electrons. The number of pyridine rings is 1. The van der Waals surface area contributed by atoms with Crippen molar-refractivity contribution in [3.8, 4) is 0 Å². The van der Waals surface area contributed by atoms with Gasteiger partial charge in [0.25, 0.3) is 0 Å². The molecule has 0 atom stereocenters. The van der Waals surface area contributed by atoms with Gasteiger partial charge in [0, 0.05) is 26.5 Å². The van der Waals surface area contributed by atoms with Gasteiger partial charge in [0.1, 0.15) is 5.69 Å². The molecule has 12 heavy (non-hydrogen) atoms. The molecule has 0 saturated carbocycles. The predicted octanol–water partition coefficient (Wildman–Crippen LogP) is 1.80. The summed E-state index contributed by atoms with van der Waals surface area (Å²) in [6.07, 6.45) is 2.79. The molecule has 1 aromatic heterocycles. The molecule has 3 nitrogen and oxygen atoms in total. The molecule has 1 N–H and O–H groups in total. The molecule has 0 aliphatic carbocycles. The van der Waals surface area contributed by atoms with E-state index in [4.69, 9.17) is 17.0 Å². The van der Waals surface area contributed by atoms with E-state index in [2.05, 4.69) is 4.98 Å². The monoisotopic (exact) mass is 183 g/mol. The van der Waals surface area contributed by atoms with Gasteiger partial charge in [-0.3, -0.25) is 4.98 Å². The number of halogens is 1. The van der Waals surface area contributed by atoms with E-state index in [-0.39, 0.29) is 0 Å². The van der Waals surface area contributed by atoms with Crippen LogP contribution in [-0.4, -0.2) is 25.3 Å². The molecular formula is C8H10ClN3. The third-order valence-corrected chi connectivity index (χ3v) is 1.79.